The van der Waals surface area contributed by atoms with Crippen molar-refractivity contribution in [2.24, 2.45) is 23.2 Å². The summed E-state index contributed by atoms with van der Waals surface area (Å²) in [6.07, 6.45) is 0.788. The van der Waals surface area contributed by atoms with Gasteiger partial charge in [-0.2, -0.15) is 13.2 Å². The maximum atomic E-state index is 14.5. The summed E-state index contributed by atoms with van der Waals surface area (Å²) in [5, 5.41) is 12.0. The fourth-order valence-electron chi connectivity index (χ4n) is 3.90. The van der Waals surface area contributed by atoms with Crippen molar-refractivity contribution in [3.05, 3.63) is 51.8 Å². The number of benzene rings is 1. The summed E-state index contributed by atoms with van der Waals surface area (Å²) < 4.78 is 55.0. The van der Waals surface area contributed by atoms with Crippen LogP contribution < -0.4 is 5.32 Å². The van der Waals surface area contributed by atoms with Crippen molar-refractivity contribution in [2.45, 2.75) is 38.8 Å². The molecule has 0 radical (unpaired) electrons. The first-order valence-electron chi connectivity index (χ1n) is 9.97. The molecule has 3 rings (SSSR count). The highest BCUT2D eigenvalue weighted by Crippen LogP contribution is 2.49. The molecule has 2 aliphatic rings. The topological polar surface area (TPSA) is 66.4 Å². The van der Waals surface area contributed by atoms with Gasteiger partial charge in [-0.25, -0.2) is 4.39 Å². The molecule has 0 saturated heterocycles. The van der Waals surface area contributed by atoms with Crippen molar-refractivity contribution in [1.82, 2.24) is 0 Å². The first-order chi connectivity index (χ1) is 14.8. The van der Waals surface area contributed by atoms with Crippen LogP contribution in [0.4, 0.5) is 23.2 Å². The predicted octanol–water partition coefficient (Wildman–Crippen LogP) is 6.34. The van der Waals surface area contributed by atoms with Crippen molar-refractivity contribution in [1.29, 1.82) is 0 Å². The highest BCUT2D eigenvalue weighted by atomic mass is 35.5. The number of carbonyl (C=O) groups is 2. The molecule has 1 saturated carbocycles. The van der Waals surface area contributed by atoms with E-state index in [1.165, 1.54) is 24.3 Å². The van der Waals surface area contributed by atoms with Gasteiger partial charge in [0.15, 0.2) is 0 Å². The van der Waals surface area contributed by atoms with Gasteiger partial charge in [0.05, 0.1) is 22.9 Å². The van der Waals surface area contributed by atoms with Gasteiger partial charge in [-0.05, 0) is 55.4 Å². The van der Waals surface area contributed by atoms with Gasteiger partial charge in [0.25, 0.3) is 0 Å². The van der Waals surface area contributed by atoms with E-state index in [9.17, 15) is 32.3 Å². The SMILES string of the molecule is C[C@H]([C@H](C(=O)Nc1cc(CC2(C(=O)O)CC2)c(Cl)cc1F)C1C=CC(Cl)=CC1)C(F)(F)F. The molecule has 1 amide bonds. The average molecular weight is 494 g/mol. The number of nitrogens with one attached hydrogen (secondary N) is 1. The van der Waals surface area contributed by atoms with Gasteiger partial charge in [0, 0.05) is 10.1 Å². The molecule has 3 atom stereocenters. The molecule has 174 valence electrons. The second-order valence-electron chi connectivity index (χ2n) is 8.38. The van der Waals surface area contributed by atoms with Gasteiger partial charge in [-0.1, -0.05) is 42.3 Å². The summed E-state index contributed by atoms with van der Waals surface area (Å²) in [5.74, 6) is -7.24. The fourth-order valence-corrected chi connectivity index (χ4v) is 4.27. The quantitative estimate of drug-likeness (QED) is 0.435. The summed E-state index contributed by atoms with van der Waals surface area (Å²) in [7, 11) is 0. The van der Waals surface area contributed by atoms with Crippen LogP contribution in [0.5, 0.6) is 0 Å². The Kier molecular flexibility index (Phi) is 6.96. The molecule has 2 N–H and O–H groups in total. The molecule has 0 bridgehead atoms. The highest BCUT2D eigenvalue weighted by Gasteiger charge is 2.50. The summed E-state index contributed by atoms with van der Waals surface area (Å²) in [4.78, 5) is 24.4. The lowest BCUT2D eigenvalue weighted by molar-refractivity contribution is -0.188. The lowest BCUT2D eigenvalue weighted by Crippen LogP contribution is -2.40. The van der Waals surface area contributed by atoms with Gasteiger partial charge >= 0.3 is 12.1 Å². The van der Waals surface area contributed by atoms with Gasteiger partial charge in [-0.15, -0.1) is 0 Å². The molecule has 10 heteroatoms. The first kappa shape index (κ1) is 24.6. The van der Waals surface area contributed by atoms with Crippen LogP contribution in [0.2, 0.25) is 5.02 Å². The molecule has 1 fully saturated rings. The second kappa shape index (κ2) is 9.06. The average Bonchev–Trinajstić information content (AvgIpc) is 3.47. The Morgan fingerprint density at radius 1 is 1.28 bits per heavy atom. The minimum Gasteiger partial charge on any atom is -0.481 e. The summed E-state index contributed by atoms with van der Waals surface area (Å²) in [5.41, 5.74) is -1.03. The largest absolute Gasteiger partial charge is 0.481 e. The van der Waals surface area contributed by atoms with E-state index in [-0.39, 0.29) is 23.6 Å². The molecule has 0 spiro atoms. The molecule has 0 aliphatic heterocycles. The summed E-state index contributed by atoms with van der Waals surface area (Å²) in [6.45, 7) is 0.908. The Hall–Kier alpha value is -2.06. The zero-order valence-electron chi connectivity index (χ0n) is 17.0. The Morgan fingerprint density at radius 2 is 1.94 bits per heavy atom. The normalized spacial score (nSPS) is 21.5. The third kappa shape index (κ3) is 5.29. The number of carboxylic acids is 1. The molecule has 0 aromatic heterocycles. The van der Waals surface area contributed by atoms with Gasteiger partial charge in [0.2, 0.25) is 5.91 Å². The van der Waals surface area contributed by atoms with Gasteiger partial charge in [-0.3, -0.25) is 9.59 Å². The Bertz CT molecular complexity index is 986. The molecular weight excluding hydrogens is 473 g/mol. The monoisotopic (exact) mass is 493 g/mol. The smallest absolute Gasteiger partial charge is 0.392 e. The Morgan fingerprint density at radius 3 is 2.44 bits per heavy atom. The number of aliphatic carboxylic acids is 1. The van der Waals surface area contributed by atoms with E-state index in [1.807, 2.05) is 0 Å². The van der Waals surface area contributed by atoms with E-state index in [2.05, 4.69) is 5.32 Å². The minimum atomic E-state index is -4.65. The number of carbonyl (C=O) groups excluding carboxylic acids is 1. The third-order valence-electron chi connectivity index (χ3n) is 6.14. The van der Waals surface area contributed by atoms with Crippen LogP contribution in [0, 0.1) is 29.0 Å². The van der Waals surface area contributed by atoms with Crippen LogP contribution in [-0.4, -0.2) is 23.2 Å². The van der Waals surface area contributed by atoms with E-state index >= 15 is 0 Å². The second-order valence-corrected chi connectivity index (χ2v) is 9.22. The van der Waals surface area contributed by atoms with Crippen LogP contribution in [0.1, 0.15) is 31.7 Å². The number of alkyl halides is 3. The molecule has 1 aromatic carbocycles. The molecule has 0 heterocycles. The van der Waals surface area contributed by atoms with Crippen molar-refractivity contribution in [2.75, 3.05) is 5.32 Å². The van der Waals surface area contributed by atoms with E-state index in [0.717, 1.165) is 13.0 Å². The summed E-state index contributed by atoms with van der Waals surface area (Å²) in [6, 6.07) is 2.12. The Labute approximate surface area is 192 Å². The van der Waals surface area contributed by atoms with Crippen LogP contribution in [-0.2, 0) is 16.0 Å². The first-order valence-corrected chi connectivity index (χ1v) is 10.7. The number of amides is 1. The van der Waals surface area contributed by atoms with Crippen LogP contribution in [0.25, 0.3) is 0 Å². The number of rotatable bonds is 7. The predicted molar refractivity (Wildman–Crippen MR) is 113 cm³/mol. The lowest BCUT2D eigenvalue weighted by Gasteiger charge is -2.31. The molecule has 32 heavy (non-hydrogen) atoms. The molecule has 1 aromatic rings. The van der Waals surface area contributed by atoms with Crippen LogP contribution in [0.15, 0.2) is 35.4 Å². The van der Waals surface area contributed by atoms with Crippen molar-refractivity contribution >= 4 is 40.8 Å². The van der Waals surface area contributed by atoms with E-state index in [0.29, 0.717) is 23.4 Å². The number of halogens is 6. The minimum absolute atomic E-state index is 0.0109. The fraction of sp³-hybridized carbons (Fsp3) is 0.455. The van der Waals surface area contributed by atoms with Gasteiger partial charge in [0.1, 0.15) is 5.82 Å². The molecular formula is C22H21Cl2F4NO3. The lowest BCUT2D eigenvalue weighted by atomic mass is 9.78. The van der Waals surface area contributed by atoms with Crippen molar-refractivity contribution < 1.29 is 32.3 Å². The molecule has 4 nitrogen and oxygen atoms in total. The van der Waals surface area contributed by atoms with Crippen molar-refractivity contribution in [3.63, 3.8) is 0 Å². The number of allylic oxidation sites excluding steroid dienone is 4. The molecule has 1 unspecified atom stereocenters. The molecule has 2 aliphatic carbocycles. The summed E-state index contributed by atoms with van der Waals surface area (Å²) >= 11 is 11.9. The third-order valence-corrected chi connectivity index (χ3v) is 6.77. The van der Waals surface area contributed by atoms with Crippen LogP contribution >= 0.6 is 23.2 Å². The van der Waals surface area contributed by atoms with E-state index in [4.69, 9.17) is 23.2 Å². The number of anilines is 1. The zero-order chi connectivity index (χ0) is 23.8. The van der Waals surface area contributed by atoms with Crippen LogP contribution in [0.3, 0.4) is 0 Å². The van der Waals surface area contributed by atoms with Crippen molar-refractivity contribution in [3.8, 4) is 0 Å². The van der Waals surface area contributed by atoms with Gasteiger partial charge < -0.3 is 10.4 Å². The maximum absolute atomic E-state index is 14.5. The number of carboxylic acid groups (broad SMARTS) is 1. The maximum Gasteiger partial charge on any atom is 0.392 e. The number of hydrogen-bond donors (Lipinski definition) is 2. The highest BCUT2D eigenvalue weighted by molar-refractivity contribution is 6.31. The van der Waals surface area contributed by atoms with E-state index < -0.39 is 47.0 Å². The number of hydrogen-bond acceptors (Lipinski definition) is 2. The van der Waals surface area contributed by atoms with E-state index in [1.54, 1.807) is 0 Å². The standard InChI is InChI=1S/C22H21Cl2F4NO3/c1-11(22(26,27)28)18(12-2-4-14(23)5-3-12)19(30)29-17-8-13(15(24)9-16(17)25)10-21(6-7-21)20(31)32/h2,4-5,8-9,11-12,18H,3,6-7,10H2,1H3,(H,29,30)(H,31,32)/t11-,12?,18+/m1/s1. The zero-order valence-corrected chi connectivity index (χ0v) is 18.5. The Balaban J connectivity index is 1.88.